The number of hydrogen-bond acceptors (Lipinski definition) is 4. The molecule has 0 spiro atoms. The highest BCUT2D eigenvalue weighted by atomic mass is 16.2. The van der Waals surface area contributed by atoms with Crippen molar-refractivity contribution in [1.82, 2.24) is 9.78 Å². The van der Waals surface area contributed by atoms with Gasteiger partial charge in [-0.25, -0.2) is 0 Å². The molecule has 0 radical (unpaired) electrons. The number of nitrogens with one attached hydrogen (secondary N) is 1. The van der Waals surface area contributed by atoms with Crippen LogP contribution in [0.25, 0.3) is 0 Å². The van der Waals surface area contributed by atoms with Gasteiger partial charge < -0.3 is 10.2 Å². The van der Waals surface area contributed by atoms with Crippen molar-refractivity contribution in [3.05, 3.63) is 42.2 Å². The first-order valence-electron chi connectivity index (χ1n) is 6.67. The first kappa shape index (κ1) is 14.6. The Bertz CT molecular complexity index is 653. The largest absolute Gasteiger partial charge is 0.376 e. The van der Waals surface area contributed by atoms with Crippen molar-refractivity contribution < 1.29 is 4.79 Å². The topological polar surface area (TPSA) is 74.0 Å². The molecule has 2 rings (SSSR count). The van der Waals surface area contributed by atoms with E-state index < -0.39 is 0 Å². The molecule has 1 heterocycles. The molecule has 0 atom stereocenters. The lowest BCUT2D eigenvalue weighted by molar-refractivity contribution is -0.116. The highest BCUT2D eigenvalue weighted by molar-refractivity contribution is 5.95. The van der Waals surface area contributed by atoms with Crippen LogP contribution in [0.4, 0.5) is 11.4 Å². The molecule has 0 aliphatic carbocycles. The molecule has 21 heavy (non-hydrogen) atoms. The molecule has 6 heteroatoms. The Kier molecular flexibility index (Phi) is 4.57. The Balaban J connectivity index is 1.98. The van der Waals surface area contributed by atoms with Crippen molar-refractivity contribution in [3.63, 3.8) is 0 Å². The van der Waals surface area contributed by atoms with Gasteiger partial charge in [0, 0.05) is 25.5 Å². The molecule has 1 aromatic carbocycles. The fourth-order valence-electron chi connectivity index (χ4n) is 1.99. The smallest absolute Gasteiger partial charge is 0.246 e. The average Bonchev–Trinajstić information content (AvgIpc) is 2.92. The zero-order valence-electron chi connectivity index (χ0n) is 12.1. The van der Waals surface area contributed by atoms with Crippen molar-refractivity contribution in [1.29, 1.82) is 5.26 Å². The number of benzene rings is 1. The zero-order valence-corrected chi connectivity index (χ0v) is 12.1. The summed E-state index contributed by atoms with van der Waals surface area (Å²) < 4.78 is 1.67. The van der Waals surface area contributed by atoms with E-state index in [1.54, 1.807) is 40.0 Å². The second-order valence-corrected chi connectivity index (χ2v) is 4.55. The minimum Gasteiger partial charge on any atom is -0.376 e. The van der Waals surface area contributed by atoms with E-state index in [1.807, 2.05) is 20.2 Å². The average molecular weight is 283 g/mol. The van der Waals surface area contributed by atoms with Gasteiger partial charge in [-0.1, -0.05) is 0 Å². The predicted molar refractivity (Wildman–Crippen MR) is 80.9 cm³/mol. The van der Waals surface area contributed by atoms with Crippen molar-refractivity contribution >= 4 is 17.3 Å². The van der Waals surface area contributed by atoms with Gasteiger partial charge in [-0.3, -0.25) is 9.48 Å². The maximum atomic E-state index is 12.3. The summed E-state index contributed by atoms with van der Waals surface area (Å²) in [6.45, 7) is 2.70. The molecule has 6 nitrogen and oxygen atoms in total. The molecule has 0 aliphatic heterocycles. The van der Waals surface area contributed by atoms with Crippen LogP contribution in [0.1, 0.15) is 12.5 Å². The number of nitrogens with zero attached hydrogens (tertiary/aromatic N) is 4. The van der Waals surface area contributed by atoms with E-state index in [0.717, 1.165) is 11.4 Å². The molecule has 0 unspecified atom stereocenters. The quantitative estimate of drug-likeness (QED) is 0.907. The lowest BCUT2D eigenvalue weighted by atomic mass is 10.2. The molecule has 1 aromatic heterocycles. The Morgan fingerprint density at radius 3 is 2.67 bits per heavy atom. The van der Waals surface area contributed by atoms with Gasteiger partial charge in [-0.2, -0.15) is 10.4 Å². The van der Waals surface area contributed by atoms with Crippen LogP contribution in [0.3, 0.4) is 0 Å². The summed E-state index contributed by atoms with van der Waals surface area (Å²) in [5, 5.41) is 15.9. The summed E-state index contributed by atoms with van der Waals surface area (Å²) in [7, 11) is 1.82. The van der Waals surface area contributed by atoms with Crippen LogP contribution >= 0.6 is 0 Å². The van der Waals surface area contributed by atoms with Gasteiger partial charge in [0.2, 0.25) is 5.91 Å². The fraction of sp³-hybridized carbons (Fsp3) is 0.267. The number of carbonyl (C=O) groups is 1. The van der Waals surface area contributed by atoms with Gasteiger partial charge in [0.05, 0.1) is 30.1 Å². The van der Waals surface area contributed by atoms with Crippen LogP contribution in [0.2, 0.25) is 0 Å². The first-order chi connectivity index (χ1) is 10.1. The van der Waals surface area contributed by atoms with E-state index in [-0.39, 0.29) is 12.5 Å². The van der Waals surface area contributed by atoms with Crippen molar-refractivity contribution in [2.75, 3.05) is 23.3 Å². The molecule has 2 aromatic rings. The Morgan fingerprint density at radius 1 is 1.43 bits per heavy atom. The number of aryl methyl sites for hydroxylation is 1. The molecule has 0 bridgehead atoms. The summed E-state index contributed by atoms with van der Waals surface area (Å²) in [5.41, 5.74) is 2.19. The summed E-state index contributed by atoms with van der Waals surface area (Å²) in [4.78, 5) is 13.9. The van der Waals surface area contributed by atoms with Crippen LogP contribution in [0.5, 0.6) is 0 Å². The van der Waals surface area contributed by atoms with Gasteiger partial charge in [0.25, 0.3) is 0 Å². The number of hydrogen-bond donors (Lipinski definition) is 1. The van der Waals surface area contributed by atoms with Crippen LogP contribution in [0, 0.1) is 11.3 Å². The number of aromatic nitrogens is 2. The monoisotopic (exact) mass is 283 g/mol. The molecule has 0 saturated carbocycles. The van der Waals surface area contributed by atoms with E-state index in [2.05, 4.69) is 16.5 Å². The zero-order chi connectivity index (χ0) is 15.2. The summed E-state index contributed by atoms with van der Waals surface area (Å²) in [5.74, 6) is -0.0325. The molecular formula is C15H17N5O. The van der Waals surface area contributed by atoms with Gasteiger partial charge >= 0.3 is 0 Å². The van der Waals surface area contributed by atoms with E-state index in [0.29, 0.717) is 12.1 Å². The molecule has 1 amide bonds. The number of anilines is 2. The van der Waals surface area contributed by atoms with Gasteiger partial charge in [-0.05, 0) is 31.2 Å². The maximum absolute atomic E-state index is 12.3. The molecular weight excluding hydrogens is 266 g/mol. The number of carbonyl (C=O) groups excluding carboxylic acids is 1. The number of amides is 1. The third-order valence-corrected chi connectivity index (χ3v) is 3.08. The van der Waals surface area contributed by atoms with Gasteiger partial charge in [-0.15, -0.1) is 0 Å². The van der Waals surface area contributed by atoms with E-state index in [9.17, 15) is 4.79 Å². The molecule has 108 valence electrons. The van der Waals surface area contributed by atoms with E-state index >= 15 is 0 Å². The SMILES string of the molecule is CCN(C(=O)CNc1ccc(C#N)cc1)c1cnn(C)c1. The molecule has 0 fully saturated rings. The van der Waals surface area contributed by atoms with E-state index in [1.165, 1.54) is 0 Å². The predicted octanol–water partition coefficient (Wildman–Crippen LogP) is 1.76. The number of nitriles is 1. The summed E-state index contributed by atoms with van der Waals surface area (Å²) in [6, 6.07) is 9.05. The van der Waals surface area contributed by atoms with Crippen LogP contribution in [0.15, 0.2) is 36.7 Å². The van der Waals surface area contributed by atoms with Gasteiger partial charge in [0.1, 0.15) is 0 Å². The van der Waals surface area contributed by atoms with E-state index in [4.69, 9.17) is 5.26 Å². The van der Waals surface area contributed by atoms with Crippen molar-refractivity contribution in [3.8, 4) is 6.07 Å². The van der Waals surface area contributed by atoms with Crippen LogP contribution < -0.4 is 10.2 Å². The second kappa shape index (κ2) is 6.57. The standard InChI is InChI=1S/C15H17N5O/c1-3-20(14-9-18-19(2)11-14)15(21)10-17-13-6-4-12(8-16)5-7-13/h4-7,9,11,17H,3,10H2,1-2H3. The maximum Gasteiger partial charge on any atom is 0.246 e. The Morgan fingerprint density at radius 2 is 2.14 bits per heavy atom. The number of rotatable bonds is 5. The third-order valence-electron chi connectivity index (χ3n) is 3.08. The van der Waals surface area contributed by atoms with Crippen molar-refractivity contribution in [2.45, 2.75) is 6.92 Å². The molecule has 1 N–H and O–H groups in total. The lowest BCUT2D eigenvalue weighted by Crippen LogP contribution is -2.35. The second-order valence-electron chi connectivity index (χ2n) is 4.55. The third kappa shape index (κ3) is 3.60. The normalized spacial score (nSPS) is 9.95. The first-order valence-corrected chi connectivity index (χ1v) is 6.67. The van der Waals surface area contributed by atoms with Gasteiger partial charge in [0.15, 0.2) is 0 Å². The van der Waals surface area contributed by atoms with Crippen molar-refractivity contribution in [2.24, 2.45) is 7.05 Å². The minimum absolute atomic E-state index is 0.0325. The van der Waals surface area contributed by atoms with Crippen LogP contribution in [-0.4, -0.2) is 28.8 Å². The highest BCUT2D eigenvalue weighted by Crippen LogP contribution is 2.13. The fourth-order valence-corrected chi connectivity index (χ4v) is 1.99. The highest BCUT2D eigenvalue weighted by Gasteiger charge is 2.14. The number of likely N-dealkylation sites (N-methyl/N-ethyl adjacent to an activating group) is 1. The summed E-state index contributed by atoms with van der Waals surface area (Å²) in [6.07, 6.45) is 3.48. The summed E-state index contributed by atoms with van der Waals surface area (Å²) >= 11 is 0. The van der Waals surface area contributed by atoms with Crippen LogP contribution in [-0.2, 0) is 11.8 Å². The Hall–Kier alpha value is -2.81. The minimum atomic E-state index is -0.0325. The lowest BCUT2D eigenvalue weighted by Gasteiger charge is -2.19. The molecule has 0 saturated heterocycles. The Labute approximate surface area is 123 Å². The molecule has 0 aliphatic rings.